The molecule has 2 amide bonds. The fraction of sp³-hybridized carbons (Fsp3) is 0.150. The van der Waals surface area contributed by atoms with Gasteiger partial charge in [-0.25, -0.2) is 0 Å². The number of nitrogens with zero attached hydrogens (tertiary/aromatic N) is 1. The molecule has 0 atom stereocenters. The maximum absolute atomic E-state index is 13.0. The van der Waals surface area contributed by atoms with Crippen LogP contribution in [-0.4, -0.2) is 31.1 Å². The zero-order valence-corrected chi connectivity index (χ0v) is 17.8. The number of nitrogens with one attached hydrogen (secondary N) is 1. The van der Waals surface area contributed by atoms with E-state index in [2.05, 4.69) is 21.2 Å². The fourth-order valence-corrected chi connectivity index (χ4v) is 3.68. The summed E-state index contributed by atoms with van der Waals surface area (Å²) in [5, 5.41) is 2.62. The van der Waals surface area contributed by atoms with E-state index in [1.807, 2.05) is 19.1 Å². The van der Waals surface area contributed by atoms with E-state index in [1.54, 1.807) is 24.3 Å². The second kappa shape index (κ2) is 8.12. The minimum atomic E-state index is -0.552. The first kappa shape index (κ1) is 20.0. The summed E-state index contributed by atoms with van der Waals surface area (Å²) in [5.74, 6) is -0.0578. The molecule has 2 aromatic carbocycles. The van der Waals surface area contributed by atoms with Crippen molar-refractivity contribution >= 4 is 56.8 Å². The predicted molar refractivity (Wildman–Crippen MR) is 115 cm³/mol. The first-order valence-corrected chi connectivity index (χ1v) is 9.45. The molecule has 6 nitrogen and oxygen atoms in total. The SMILES string of the molecule is COc1cc(/C=C2/C(=O)NC(=S)N(c3ccc(C)cc3)C2=O)cc(Br)c1OC. The van der Waals surface area contributed by atoms with Gasteiger partial charge in [-0.3, -0.25) is 19.8 Å². The van der Waals surface area contributed by atoms with E-state index >= 15 is 0 Å². The van der Waals surface area contributed by atoms with Crippen molar-refractivity contribution in [2.45, 2.75) is 6.92 Å². The highest BCUT2D eigenvalue weighted by Gasteiger charge is 2.34. The maximum Gasteiger partial charge on any atom is 0.270 e. The highest BCUT2D eigenvalue weighted by Crippen LogP contribution is 2.37. The Kier molecular flexibility index (Phi) is 5.81. The number of aryl methyl sites for hydroxylation is 1. The number of hydrogen-bond acceptors (Lipinski definition) is 5. The molecule has 0 aliphatic carbocycles. The quantitative estimate of drug-likeness (QED) is 0.428. The topological polar surface area (TPSA) is 67.9 Å². The average Bonchev–Trinajstić information content (AvgIpc) is 2.66. The van der Waals surface area contributed by atoms with Gasteiger partial charge in [0.25, 0.3) is 11.8 Å². The third kappa shape index (κ3) is 3.79. The molecule has 1 fully saturated rings. The summed E-state index contributed by atoms with van der Waals surface area (Å²) in [6.07, 6.45) is 1.49. The van der Waals surface area contributed by atoms with Crippen molar-refractivity contribution in [2.24, 2.45) is 0 Å². The smallest absolute Gasteiger partial charge is 0.270 e. The highest BCUT2D eigenvalue weighted by molar-refractivity contribution is 9.10. The molecule has 0 unspecified atom stereocenters. The van der Waals surface area contributed by atoms with E-state index in [9.17, 15) is 9.59 Å². The van der Waals surface area contributed by atoms with Gasteiger partial charge in [-0.1, -0.05) is 17.7 Å². The van der Waals surface area contributed by atoms with Crippen molar-refractivity contribution in [3.63, 3.8) is 0 Å². The molecule has 1 aliphatic rings. The molecular weight excluding hydrogens is 444 g/mol. The fourth-order valence-electron chi connectivity index (χ4n) is 2.77. The van der Waals surface area contributed by atoms with Crippen LogP contribution in [0, 0.1) is 6.92 Å². The number of carbonyl (C=O) groups is 2. The number of halogens is 1. The van der Waals surface area contributed by atoms with Crippen LogP contribution in [0.4, 0.5) is 5.69 Å². The van der Waals surface area contributed by atoms with Gasteiger partial charge in [-0.15, -0.1) is 0 Å². The van der Waals surface area contributed by atoms with E-state index in [1.165, 1.54) is 25.2 Å². The summed E-state index contributed by atoms with van der Waals surface area (Å²) >= 11 is 8.62. The van der Waals surface area contributed by atoms with Crippen LogP contribution >= 0.6 is 28.1 Å². The molecule has 0 aromatic heterocycles. The summed E-state index contributed by atoms with van der Waals surface area (Å²) in [6.45, 7) is 1.95. The molecule has 1 aliphatic heterocycles. The van der Waals surface area contributed by atoms with Crippen molar-refractivity contribution in [3.8, 4) is 11.5 Å². The van der Waals surface area contributed by atoms with E-state index < -0.39 is 11.8 Å². The van der Waals surface area contributed by atoms with Gasteiger partial charge in [-0.05, 0) is 71.0 Å². The number of thiocarbonyl (C=S) groups is 1. The lowest BCUT2D eigenvalue weighted by atomic mass is 10.1. The van der Waals surface area contributed by atoms with Crippen LogP contribution in [0.5, 0.6) is 11.5 Å². The zero-order valence-electron chi connectivity index (χ0n) is 15.4. The second-order valence-electron chi connectivity index (χ2n) is 6.03. The molecule has 1 heterocycles. The molecule has 2 aromatic rings. The molecule has 144 valence electrons. The van der Waals surface area contributed by atoms with E-state index in [0.717, 1.165) is 5.56 Å². The maximum atomic E-state index is 13.0. The van der Waals surface area contributed by atoms with E-state index in [-0.39, 0.29) is 10.7 Å². The minimum absolute atomic E-state index is 0.0340. The number of anilines is 1. The van der Waals surface area contributed by atoms with Crippen molar-refractivity contribution < 1.29 is 19.1 Å². The number of rotatable bonds is 4. The summed E-state index contributed by atoms with van der Waals surface area (Å²) in [7, 11) is 3.04. The van der Waals surface area contributed by atoms with Crippen molar-refractivity contribution in [3.05, 3.63) is 57.6 Å². The zero-order chi connectivity index (χ0) is 20.4. The van der Waals surface area contributed by atoms with E-state index in [0.29, 0.717) is 27.2 Å². The molecule has 0 spiro atoms. The lowest BCUT2D eigenvalue weighted by Crippen LogP contribution is -2.54. The Balaban J connectivity index is 2.04. The number of carbonyl (C=O) groups excluding carboxylic acids is 2. The number of methoxy groups -OCH3 is 2. The normalized spacial score (nSPS) is 15.6. The largest absolute Gasteiger partial charge is 0.493 e. The Labute approximate surface area is 176 Å². The second-order valence-corrected chi connectivity index (χ2v) is 7.27. The molecule has 8 heteroatoms. The van der Waals surface area contributed by atoms with E-state index in [4.69, 9.17) is 21.7 Å². The van der Waals surface area contributed by atoms with Crippen molar-refractivity contribution in [1.29, 1.82) is 0 Å². The number of ether oxygens (including phenoxy) is 2. The molecule has 1 saturated heterocycles. The van der Waals surface area contributed by atoms with Gasteiger partial charge in [0.05, 0.1) is 24.4 Å². The molecule has 0 radical (unpaired) electrons. The molecular formula is C20H17BrN2O4S. The monoisotopic (exact) mass is 460 g/mol. The number of amides is 2. The van der Waals surface area contributed by atoms with Gasteiger partial charge in [-0.2, -0.15) is 0 Å². The predicted octanol–water partition coefficient (Wildman–Crippen LogP) is 3.61. The Morgan fingerprint density at radius 1 is 1.11 bits per heavy atom. The highest BCUT2D eigenvalue weighted by atomic mass is 79.9. The first-order chi connectivity index (χ1) is 13.3. The van der Waals surface area contributed by atoms with Crippen LogP contribution in [0.2, 0.25) is 0 Å². The van der Waals surface area contributed by atoms with Crippen LogP contribution < -0.4 is 19.7 Å². The minimum Gasteiger partial charge on any atom is -0.493 e. The Bertz CT molecular complexity index is 1000. The molecule has 0 bridgehead atoms. The van der Waals surface area contributed by atoms with Crippen molar-refractivity contribution in [1.82, 2.24) is 5.32 Å². The Morgan fingerprint density at radius 3 is 2.39 bits per heavy atom. The van der Waals surface area contributed by atoms with Crippen molar-refractivity contribution in [2.75, 3.05) is 19.1 Å². The van der Waals surface area contributed by atoms with Gasteiger partial charge >= 0.3 is 0 Å². The van der Waals surface area contributed by atoms with Crippen LogP contribution in [0.25, 0.3) is 6.08 Å². The summed E-state index contributed by atoms with van der Waals surface area (Å²) in [4.78, 5) is 26.8. The molecule has 28 heavy (non-hydrogen) atoms. The van der Waals surface area contributed by atoms with Gasteiger partial charge in [0.1, 0.15) is 5.57 Å². The Hall–Kier alpha value is -2.71. The van der Waals surface area contributed by atoms with Gasteiger partial charge in [0, 0.05) is 0 Å². The standard InChI is InChI=1S/C20H17BrN2O4S/c1-11-4-6-13(7-5-11)23-19(25)14(18(24)22-20(23)28)8-12-9-15(21)17(27-3)16(10-12)26-2/h4-10H,1-3H3,(H,22,24,28)/b14-8-. The van der Waals surface area contributed by atoms with Gasteiger partial charge in [0.15, 0.2) is 16.6 Å². The van der Waals surface area contributed by atoms with Crippen LogP contribution in [0.1, 0.15) is 11.1 Å². The van der Waals surface area contributed by atoms with Crippen LogP contribution in [0.3, 0.4) is 0 Å². The summed E-state index contributed by atoms with van der Waals surface area (Å²) in [6, 6.07) is 10.7. The molecule has 0 saturated carbocycles. The van der Waals surface area contributed by atoms with Crippen LogP contribution in [-0.2, 0) is 9.59 Å². The third-order valence-electron chi connectivity index (χ3n) is 4.16. The Morgan fingerprint density at radius 2 is 1.79 bits per heavy atom. The first-order valence-electron chi connectivity index (χ1n) is 8.25. The summed E-state index contributed by atoms with van der Waals surface area (Å²) in [5.41, 5.74) is 2.20. The molecule has 1 N–H and O–H groups in total. The van der Waals surface area contributed by atoms with Crippen LogP contribution in [0.15, 0.2) is 46.4 Å². The van der Waals surface area contributed by atoms with Gasteiger partial charge in [0.2, 0.25) is 0 Å². The lowest BCUT2D eigenvalue weighted by molar-refractivity contribution is -0.122. The van der Waals surface area contributed by atoms with Gasteiger partial charge < -0.3 is 9.47 Å². The molecule has 3 rings (SSSR count). The average molecular weight is 461 g/mol. The lowest BCUT2D eigenvalue weighted by Gasteiger charge is -2.29. The third-order valence-corrected chi connectivity index (χ3v) is 5.03. The number of benzene rings is 2. The summed E-state index contributed by atoms with van der Waals surface area (Å²) < 4.78 is 11.2. The number of hydrogen-bond donors (Lipinski definition) is 1.